The second-order valence-corrected chi connectivity index (χ2v) is 3.38. The molecule has 0 unspecified atom stereocenters. The summed E-state index contributed by atoms with van der Waals surface area (Å²) < 4.78 is 39.6. The monoisotopic (exact) mass is 217 g/mol. The van der Waals surface area contributed by atoms with E-state index in [0.29, 0.717) is 0 Å². The number of aryl methyl sites for hydroxylation is 1. The third-order valence-corrected chi connectivity index (χ3v) is 1.96. The van der Waals surface area contributed by atoms with Crippen molar-refractivity contribution in [1.82, 2.24) is 4.90 Å². The van der Waals surface area contributed by atoms with Crippen molar-refractivity contribution in [3.05, 3.63) is 34.6 Å². The smallest absolute Gasteiger partial charge is 0.259 e. The van der Waals surface area contributed by atoms with Gasteiger partial charge in [0.2, 0.25) is 0 Å². The lowest BCUT2D eigenvalue weighted by Gasteiger charge is -2.12. The lowest BCUT2D eigenvalue weighted by molar-refractivity contribution is 0.0817. The minimum atomic E-state index is -1.44. The number of amides is 1. The Morgan fingerprint density at radius 2 is 1.73 bits per heavy atom. The molecule has 0 heterocycles. The van der Waals surface area contributed by atoms with Crippen molar-refractivity contribution in [2.75, 3.05) is 14.1 Å². The summed E-state index contributed by atoms with van der Waals surface area (Å²) in [7, 11) is 2.66. The zero-order chi connectivity index (χ0) is 11.7. The lowest BCUT2D eigenvalue weighted by Crippen LogP contribution is -2.24. The van der Waals surface area contributed by atoms with E-state index >= 15 is 0 Å². The zero-order valence-corrected chi connectivity index (χ0v) is 8.57. The van der Waals surface area contributed by atoms with Crippen LogP contribution >= 0.6 is 0 Å². The fourth-order valence-electron chi connectivity index (χ4n) is 1.13. The fourth-order valence-corrected chi connectivity index (χ4v) is 1.13. The van der Waals surface area contributed by atoms with E-state index < -0.39 is 28.9 Å². The zero-order valence-electron chi connectivity index (χ0n) is 8.57. The highest BCUT2D eigenvalue weighted by atomic mass is 19.2. The summed E-state index contributed by atoms with van der Waals surface area (Å²) in [5, 5.41) is 0. The van der Waals surface area contributed by atoms with Gasteiger partial charge >= 0.3 is 0 Å². The van der Waals surface area contributed by atoms with Gasteiger partial charge in [-0.05, 0) is 18.6 Å². The molecule has 0 saturated carbocycles. The average Bonchev–Trinajstić information content (AvgIpc) is 2.14. The topological polar surface area (TPSA) is 20.3 Å². The molecule has 0 radical (unpaired) electrons. The number of benzene rings is 1. The molecule has 1 rings (SSSR count). The summed E-state index contributed by atoms with van der Waals surface area (Å²) >= 11 is 0. The van der Waals surface area contributed by atoms with Crippen LogP contribution in [0.2, 0.25) is 0 Å². The summed E-state index contributed by atoms with van der Waals surface area (Å²) in [6.45, 7) is 1.23. The van der Waals surface area contributed by atoms with Gasteiger partial charge in [0.1, 0.15) is 11.4 Å². The van der Waals surface area contributed by atoms with Gasteiger partial charge in [0.05, 0.1) is 0 Å². The fraction of sp³-hybridized carbons (Fsp3) is 0.300. The van der Waals surface area contributed by atoms with Crippen molar-refractivity contribution in [3.8, 4) is 0 Å². The van der Waals surface area contributed by atoms with E-state index in [2.05, 4.69) is 0 Å². The molecule has 0 N–H and O–H groups in total. The Labute approximate surface area is 85.3 Å². The summed E-state index contributed by atoms with van der Waals surface area (Å²) in [5.74, 6) is -4.58. The second-order valence-electron chi connectivity index (χ2n) is 3.38. The summed E-state index contributed by atoms with van der Waals surface area (Å²) in [6, 6.07) is 0.801. The first-order valence-corrected chi connectivity index (χ1v) is 4.22. The minimum Gasteiger partial charge on any atom is -0.345 e. The van der Waals surface area contributed by atoms with Crippen molar-refractivity contribution in [2.24, 2.45) is 0 Å². The molecule has 2 nitrogen and oxygen atoms in total. The van der Waals surface area contributed by atoms with Crippen LogP contribution < -0.4 is 0 Å². The maximum atomic E-state index is 13.3. The Morgan fingerprint density at radius 1 is 1.20 bits per heavy atom. The number of carbonyl (C=O) groups excluding carboxylic acids is 1. The first kappa shape index (κ1) is 11.6. The van der Waals surface area contributed by atoms with Crippen LogP contribution in [0.1, 0.15) is 15.9 Å². The summed E-state index contributed by atoms with van der Waals surface area (Å²) in [5.41, 5.74) is -1.02. The molecule has 15 heavy (non-hydrogen) atoms. The molecule has 0 spiro atoms. The van der Waals surface area contributed by atoms with Gasteiger partial charge in [-0.25, -0.2) is 13.2 Å². The number of rotatable bonds is 1. The van der Waals surface area contributed by atoms with E-state index in [1.165, 1.54) is 21.0 Å². The maximum absolute atomic E-state index is 13.3. The van der Waals surface area contributed by atoms with Crippen LogP contribution in [0, 0.1) is 24.4 Å². The largest absolute Gasteiger partial charge is 0.345 e. The molecule has 0 aliphatic carbocycles. The van der Waals surface area contributed by atoms with Gasteiger partial charge in [0.25, 0.3) is 5.91 Å². The molecule has 0 fully saturated rings. The summed E-state index contributed by atoms with van der Waals surface area (Å²) in [4.78, 5) is 12.3. The molecule has 1 amide bonds. The van der Waals surface area contributed by atoms with E-state index in [9.17, 15) is 18.0 Å². The molecule has 1 aromatic rings. The predicted molar refractivity (Wildman–Crippen MR) is 49.1 cm³/mol. The summed E-state index contributed by atoms with van der Waals surface area (Å²) in [6.07, 6.45) is 0. The second kappa shape index (κ2) is 3.92. The number of hydrogen-bond acceptors (Lipinski definition) is 1. The third kappa shape index (κ3) is 1.95. The van der Waals surface area contributed by atoms with E-state index in [-0.39, 0.29) is 5.56 Å². The van der Waals surface area contributed by atoms with E-state index in [0.717, 1.165) is 11.0 Å². The predicted octanol–water partition coefficient (Wildman–Crippen LogP) is 2.11. The van der Waals surface area contributed by atoms with Crippen LogP contribution in [0.3, 0.4) is 0 Å². The standard InChI is InChI=1S/C10H10F3NO/c1-5-4-6(11)7(9(13)8(5)12)10(15)14(2)3/h4H,1-3H3. The molecule has 0 atom stereocenters. The number of halogens is 3. The van der Waals surface area contributed by atoms with Crippen molar-refractivity contribution in [3.63, 3.8) is 0 Å². The normalized spacial score (nSPS) is 10.3. The van der Waals surface area contributed by atoms with Crippen LogP contribution in [0.15, 0.2) is 6.07 Å². The molecular weight excluding hydrogens is 207 g/mol. The molecule has 82 valence electrons. The highest BCUT2D eigenvalue weighted by Gasteiger charge is 2.23. The van der Waals surface area contributed by atoms with Crippen molar-refractivity contribution < 1.29 is 18.0 Å². The number of nitrogens with zero attached hydrogens (tertiary/aromatic N) is 1. The van der Waals surface area contributed by atoms with Gasteiger partial charge in [-0.1, -0.05) is 0 Å². The quantitative estimate of drug-likeness (QED) is 0.660. The molecule has 0 aromatic heterocycles. The first-order chi connectivity index (χ1) is 6.86. The third-order valence-electron chi connectivity index (χ3n) is 1.96. The molecule has 5 heteroatoms. The van der Waals surface area contributed by atoms with Crippen LogP contribution in [-0.2, 0) is 0 Å². The van der Waals surface area contributed by atoms with Gasteiger partial charge in [-0.15, -0.1) is 0 Å². The first-order valence-electron chi connectivity index (χ1n) is 4.22. The highest BCUT2D eigenvalue weighted by Crippen LogP contribution is 2.20. The maximum Gasteiger partial charge on any atom is 0.259 e. The van der Waals surface area contributed by atoms with E-state index in [1.54, 1.807) is 0 Å². The van der Waals surface area contributed by atoms with Crippen molar-refractivity contribution in [2.45, 2.75) is 6.92 Å². The molecule has 0 bridgehead atoms. The van der Waals surface area contributed by atoms with Gasteiger partial charge < -0.3 is 4.90 Å². The van der Waals surface area contributed by atoms with Crippen LogP contribution in [0.25, 0.3) is 0 Å². The van der Waals surface area contributed by atoms with Gasteiger partial charge in [0.15, 0.2) is 11.6 Å². The Hall–Kier alpha value is -1.52. The lowest BCUT2D eigenvalue weighted by atomic mass is 10.1. The Balaban J connectivity index is 3.43. The van der Waals surface area contributed by atoms with Crippen LogP contribution in [0.5, 0.6) is 0 Å². The number of hydrogen-bond donors (Lipinski definition) is 0. The minimum absolute atomic E-state index is 0.166. The average molecular weight is 217 g/mol. The van der Waals surface area contributed by atoms with Crippen LogP contribution in [0.4, 0.5) is 13.2 Å². The van der Waals surface area contributed by atoms with Crippen molar-refractivity contribution in [1.29, 1.82) is 0 Å². The van der Waals surface area contributed by atoms with Gasteiger partial charge in [-0.3, -0.25) is 4.79 Å². The Bertz CT molecular complexity index is 416. The molecule has 0 aliphatic heterocycles. The van der Waals surface area contributed by atoms with E-state index in [1.807, 2.05) is 0 Å². The van der Waals surface area contributed by atoms with Gasteiger partial charge in [0, 0.05) is 14.1 Å². The Kier molecular flexibility index (Phi) is 3.02. The molecule has 1 aromatic carbocycles. The highest BCUT2D eigenvalue weighted by molar-refractivity contribution is 5.94. The molecular formula is C10H10F3NO. The molecule has 0 aliphatic rings. The Morgan fingerprint density at radius 3 is 2.20 bits per heavy atom. The van der Waals surface area contributed by atoms with Crippen LogP contribution in [-0.4, -0.2) is 24.9 Å². The SMILES string of the molecule is Cc1cc(F)c(C(=O)N(C)C)c(F)c1F. The molecule has 0 saturated heterocycles. The number of carbonyl (C=O) groups is 1. The van der Waals surface area contributed by atoms with Gasteiger partial charge in [-0.2, -0.15) is 0 Å². The van der Waals surface area contributed by atoms with E-state index in [4.69, 9.17) is 0 Å². The van der Waals surface area contributed by atoms with Crippen molar-refractivity contribution >= 4 is 5.91 Å².